The zero-order valence-electron chi connectivity index (χ0n) is 9.23. The number of ether oxygens (including phenoxy) is 1. The molecule has 0 aromatic heterocycles. The minimum absolute atomic E-state index is 0.00486. The van der Waals surface area contributed by atoms with E-state index in [0.717, 1.165) is 25.6 Å². The summed E-state index contributed by atoms with van der Waals surface area (Å²) in [7, 11) is 0. The van der Waals surface area contributed by atoms with Crippen LogP contribution in [0.3, 0.4) is 0 Å². The summed E-state index contributed by atoms with van der Waals surface area (Å²) in [6, 6.07) is 0. The van der Waals surface area contributed by atoms with E-state index in [1.54, 1.807) is 0 Å². The summed E-state index contributed by atoms with van der Waals surface area (Å²) in [5.41, 5.74) is 0.00486. The van der Waals surface area contributed by atoms with Gasteiger partial charge in [0, 0.05) is 13.2 Å². The molecule has 0 saturated heterocycles. The Balaban J connectivity index is 2.01. The van der Waals surface area contributed by atoms with Gasteiger partial charge in [0.05, 0.1) is 5.60 Å². The Hall–Kier alpha value is -0.0800. The summed E-state index contributed by atoms with van der Waals surface area (Å²) in [6.45, 7) is 9.35. The Bertz CT molecular complexity index is 141. The van der Waals surface area contributed by atoms with Gasteiger partial charge in [-0.3, -0.25) is 0 Å². The molecule has 0 amide bonds. The van der Waals surface area contributed by atoms with Crippen LogP contribution < -0.4 is 5.32 Å². The summed E-state index contributed by atoms with van der Waals surface area (Å²) in [4.78, 5) is 0. The van der Waals surface area contributed by atoms with E-state index >= 15 is 0 Å². The molecule has 2 nitrogen and oxygen atoms in total. The highest BCUT2D eigenvalue weighted by molar-refractivity contribution is 4.75. The number of nitrogens with one attached hydrogen (secondary N) is 1. The van der Waals surface area contributed by atoms with Gasteiger partial charge in [0.25, 0.3) is 0 Å². The molecule has 2 heteroatoms. The zero-order valence-corrected chi connectivity index (χ0v) is 9.23. The van der Waals surface area contributed by atoms with Crippen molar-refractivity contribution in [1.82, 2.24) is 5.32 Å². The standard InChI is InChI=1S/C11H23NO/c1-4-12-9-11(2,3)13-8-7-10-5-6-10/h10,12H,4-9H2,1-3H3. The van der Waals surface area contributed by atoms with Crippen LogP contribution in [0.15, 0.2) is 0 Å². The van der Waals surface area contributed by atoms with E-state index in [1.165, 1.54) is 19.3 Å². The van der Waals surface area contributed by atoms with Crippen molar-refractivity contribution in [2.24, 2.45) is 5.92 Å². The normalized spacial score (nSPS) is 17.8. The lowest BCUT2D eigenvalue weighted by molar-refractivity contribution is -0.0186. The largest absolute Gasteiger partial charge is 0.374 e. The monoisotopic (exact) mass is 185 g/mol. The van der Waals surface area contributed by atoms with Gasteiger partial charge in [0.1, 0.15) is 0 Å². The van der Waals surface area contributed by atoms with Gasteiger partial charge in [-0.25, -0.2) is 0 Å². The van der Waals surface area contributed by atoms with Crippen molar-refractivity contribution < 1.29 is 4.74 Å². The minimum atomic E-state index is 0.00486. The molecule has 0 aromatic rings. The van der Waals surface area contributed by atoms with Crippen LogP contribution in [0.5, 0.6) is 0 Å². The maximum absolute atomic E-state index is 5.82. The summed E-state index contributed by atoms with van der Waals surface area (Å²) >= 11 is 0. The first kappa shape index (κ1) is 11.0. The second-order valence-corrected chi connectivity index (χ2v) is 4.62. The Morgan fingerprint density at radius 1 is 1.38 bits per heavy atom. The van der Waals surface area contributed by atoms with Crippen molar-refractivity contribution in [2.45, 2.75) is 45.6 Å². The average Bonchev–Trinajstić information content (AvgIpc) is 2.84. The zero-order chi connectivity index (χ0) is 9.73. The number of hydrogen-bond donors (Lipinski definition) is 1. The van der Waals surface area contributed by atoms with E-state index in [-0.39, 0.29) is 5.60 Å². The number of likely N-dealkylation sites (N-methyl/N-ethyl adjacent to an activating group) is 1. The fraction of sp³-hybridized carbons (Fsp3) is 1.00. The molecule has 1 aliphatic carbocycles. The van der Waals surface area contributed by atoms with Gasteiger partial charge in [0.15, 0.2) is 0 Å². The van der Waals surface area contributed by atoms with Gasteiger partial charge in [-0.05, 0) is 32.7 Å². The number of rotatable bonds is 7. The van der Waals surface area contributed by atoms with E-state index < -0.39 is 0 Å². The molecular formula is C11H23NO. The van der Waals surface area contributed by atoms with E-state index in [2.05, 4.69) is 26.1 Å². The first-order valence-electron chi connectivity index (χ1n) is 5.49. The molecule has 78 valence electrons. The van der Waals surface area contributed by atoms with Gasteiger partial charge >= 0.3 is 0 Å². The summed E-state index contributed by atoms with van der Waals surface area (Å²) in [6.07, 6.45) is 4.11. The summed E-state index contributed by atoms with van der Waals surface area (Å²) in [5.74, 6) is 0.981. The van der Waals surface area contributed by atoms with Crippen molar-refractivity contribution in [3.63, 3.8) is 0 Å². The second kappa shape index (κ2) is 4.97. The van der Waals surface area contributed by atoms with Gasteiger partial charge < -0.3 is 10.1 Å². The molecule has 13 heavy (non-hydrogen) atoms. The van der Waals surface area contributed by atoms with Crippen LogP contribution in [-0.4, -0.2) is 25.3 Å². The number of hydrogen-bond acceptors (Lipinski definition) is 2. The highest BCUT2D eigenvalue weighted by Crippen LogP contribution is 2.32. The van der Waals surface area contributed by atoms with E-state index in [1.807, 2.05) is 0 Å². The third-order valence-electron chi connectivity index (χ3n) is 2.52. The molecule has 0 heterocycles. The van der Waals surface area contributed by atoms with E-state index in [4.69, 9.17) is 4.74 Å². The van der Waals surface area contributed by atoms with Crippen LogP contribution in [0, 0.1) is 5.92 Å². The molecule has 0 bridgehead atoms. The molecular weight excluding hydrogens is 162 g/mol. The molecule has 0 spiro atoms. The third kappa shape index (κ3) is 5.27. The van der Waals surface area contributed by atoms with Crippen molar-refractivity contribution in [3.05, 3.63) is 0 Å². The molecule has 0 atom stereocenters. The Morgan fingerprint density at radius 3 is 2.62 bits per heavy atom. The average molecular weight is 185 g/mol. The second-order valence-electron chi connectivity index (χ2n) is 4.62. The first-order chi connectivity index (χ1) is 6.14. The molecule has 0 aliphatic heterocycles. The molecule has 0 radical (unpaired) electrons. The molecule has 1 fully saturated rings. The predicted molar refractivity (Wildman–Crippen MR) is 55.9 cm³/mol. The smallest absolute Gasteiger partial charge is 0.0750 e. The first-order valence-corrected chi connectivity index (χ1v) is 5.49. The van der Waals surface area contributed by atoms with Crippen LogP contribution in [0.25, 0.3) is 0 Å². The lowest BCUT2D eigenvalue weighted by Crippen LogP contribution is -2.37. The van der Waals surface area contributed by atoms with Gasteiger partial charge in [-0.2, -0.15) is 0 Å². The molecule has 1 N–H and O–H groups in total. The molecule has 1 aliphatic rings. The molecule has 1 rings (SSSR count). The van der Waals surface area contributed by atoms with Crippen LogP contribution in [0.2, 0.25) is 0 Å². The van der Waals surface area contributed by atoms with Gasteiger partial charge in [-0.15, -0.1) is 0 Å². The predicted octanol–water partition coefficient (Wildman–Crippen LogP) is 2.19. The maximum Gasteiger partial charge on any atom is 0.0750 e. The molecule has 0 unspecified atom stereocenters. The maximum atomic E-state index is 5.82. The van der Waals surface area contributed by atoms with Gasteiger partial charge in [-0.1, -0.05) is 19.8 Å². The van der Waals surface area contributed by atoms with Crippen LogP contribution >= 0.6 is 0 Å². The highest BCUT2D eigenvalue weighted by atomic mass is 16.5. The Morgan fingerprint density at radius 2 is 2.08 bits per heavy atom. The Labute approximate surface area is 82.0 Å². The Kier molecular flexibility index (Phi) is 4.20. The lowest BCUT2D eigenvalue weighted by Gasteiger charge is -2.25. The molecule has 1 saturated carbocycles. The van der Waals surface area contributed by atoms with Gasteiger partial charge in [0.2, 0.25) is 0 Å². The van der Waals surface area contributed by atoms with E-state index in [0.29, 0.717) is 0 Å². The molecule has 0 aromatic carbocycles. The SMILES string of the molecule is CCNCC(C)(C)OCCC1CC1. The lowest BCUT2D eigenvalue weighted by atomic mass is 10.1. The van der Waals surface area contributed by atoms with Crippen molar-refractivity contribution in [3.8, 4) is 0 Å². The summed E-state index contributed by atoms with van der Waals surface area (Å²) in [5, 5.41) is 3.32. The van der Waals surface area contributed by atoms with Crippen LogP contribution in [0.1, 0.15) is 40.0 Å². The van der Waals surface area contributed by atoms with Crippen molar-refractivity contribution in [1.29, 1.82) is 0 Å². The fourth-order valence-corrected chi connectivity index (χ4v) is 1.39. The highest BCUT2D eigenvalue weighted by Gasteiger charge is 2.23. The quantitative estimate of drug-likeness (QED) is 0.656. The van der Waals surface area contributed by atoms with Crippen molar-refractivity contribution >= 4 is 0 Å². The summed E-state index contributed by atoms with van der Waals surface area (Å²) < 4.78 is 5.82. The van der Waals surface area contributed by atoms with Crippen LogP contribution in [-0.2, 0) is 4.74 Å². The van der Waals surface area contributed by atoms with E-state index in [9.17, 15) is 0 Å². The minimum Gasteiger partial charge on any atom is -0.374 e. The van der Waals surface area contributed by atoms with Crippen molar-refractivity contribution in [2.75, 3.05) is 19.7 Å². The fourth-order valence-electron chi connectivity index (χ4n) is 1.39. The topological polar surface area (TPSA) is 21.3 Å². The van der Waals surface area contributed by atoms with Crippen LogP contribution in [0.4, 0.5) is 0 Å². The third-order valence-corrected chi connectivity index (χ3v) is 2.52.